The predicted molar refractivity (Wildman–Crippen MR) is 264 cm³/mol. The molecular weight excluding hydrogens is 931 g/mol. The first-order chi connectivity index (χ1) is 34.0. The van der Waals surface area contributed by atoms with Crippen molar-refractivity contribution in [3.05, 3.63) is 81.9 Å². The van der Waals surface area contributed by atoms with Crippen molar-refractivity contribution in [2.24, 2.45) is 11.3 Å². The molecule has 20 heteroatoms. The van der Waals surface area contributed by atoms with Crippen LogP contribution in [0, 0.1) is 16.0 Å². The Morgan fingerprint density at radius 3 is 2.48 bits per heavy atom. The van der Waals surface area contributed by atoms with Crippen molar-refractivity contribution in [2.45, 2.75) is 99.5 Å². The third kappa shape index (κ3) is 6.91. The van der Waals surface area contributed by atoms with Gasteiger partial charge in [-0.2, -0.15) is 4.98 Å². The summed E-state index contributed by atoms with van der Waals surface area (Å²) in [5, 5.41) is 26.3. The van der Waals surface area contributed by atoms with Gasteiger partial charge in [0.2, 0.25) is 18.0 Å². The number of ether oxygens (including phenoxy) is 4. The maximum Gasteiger partial charge on any atom is 0.344 e. The van der Waals surface area contributed by atoms with Crippen molar-refractivity contribution >= 4 is 70.2 Å². The van der Waals surface area contributed by atoms with E-state index in [1.807, 2.05) is 50.3 Å². The number of imidazole rings is 1. The Hall–Kier alpha value is -6.19. The summed E-state index contributed by atoms with van der Waals surface area (Å²) in [5.74, 6) is -1.78. The van der Waals surface area contributed by atoms with Gasteiger partial charge in [-0.25, -0.2) is 9.78 Å². The number of aromatic amines is 3. The van der Waals surface area contributed by atoms with E-state index in [4.69, 9.17) is 36.9 Å². The minimum Gasteiger partial charge on any atom is -0.496 e. The highest BCUT2D eigenvalue weighted by molar-refractivity contribution is 7.71. The summed E-state index contributed by atoms with van der Waals surface area (Å²) in [6, 6.07) is 9.97. The molecule has 5 aliphatic heterocycles. The molecule has 10 atom stereocenters. The molecule has 2 aromatic carbocycles. The number of hydrogen-bond donors (Lipinski definition) is 6. The number of H-pyrrole nitrogens is 3. The number of methoxy groups -OCH3 is 3. The van der Waals surface area contributed by atoms with E-state index < -0.39 is 63.5 Å². The minimum atomic E-state index is -2.53. The van der Waals surface area contributed by atoms with E-state index in [1.54, 1.807) is 6.07 Å². The number of nitrogen functional groups attached to an aromatic ring is 1. The summed E-state index contributed by atoms with van der Waals surface area (Å²) in [6.07, 6.45) is 7.36. The van der Waals surface area contributed by atoms with Gasteiger partial charge in [-0.15, -0.1) is 0 Å². The van der Waals surface area contributed by atoms with Gasteiger partial charge in [-0.1, -0.05) is 56.4 Å². The number of amides is 1. The van der Waals surface area contributed by atoms with E-state index in [0.29, 0.717) is 115 Å². The molecule has 1 saturated carbocycles. The maximum absolute atomic E-state index is 15.3. The zero-order chi connectivity index (χ0) is 50.4. The number of aromatic nitrogens is 5. The highest BCUT2D eigenvalue weighted by Gasteiger charge is 2.81. The summed E-state index contributed by atoms with van der Waals surface area (Å²) in [5.41, 5.74) is 3.51. The van der Waals surface area contributed by atoms with E-state index in [0.717, 1.165) is 16.5 Å². The largest absolute Gasteiger partial charge is 0.496 e. The summed E-state index contributed by atoms with van der Waals surface area (Å²) in [4.78, 5) is 79.5. The Morgan fingerprint density at radius 1 is 1.00 bits per heavy atom. The molecule has 0 radical (unpaired) electrons. The number of hydrogen-bond acceptors (Lipinski definition) is 16. The van der Waals surface area contributed by atoms with E-state index >= 15 is 4.79 Å². The van der Waals surface area contributed by atoms with Gasteiger partial charge in [0.1, 0.15) is 21.3 Å². The maximum atomic E-state index is 15.3. The third-order valence-electron chi connectivity index (χ3n) is 16.8. The van der Waals surface area contributed by atoms with Gasteiger partial charge in [0, 0.05) is 78.2 Å². The lowest BCUT2D eigenvalue weighted by Gasteiger charge is -2.63. The number of esters is 3. The highest BCUT2D eigenvalue weighted by Crippen LogP contribution is 2.68. The molecular formula is C51H61N9O10S. The van der Waals surface area contributed by atoms with Crippen molar-refractivity contribution < 1.29 is 48.3 Å². The van der Waals surface area contributed by atoms with Crippen molar-refractivity contribution in [2.75, 3.05) is 64.7 Å². The normalized spacial score (nSPS) is 32.5. The Kier molecular flexibility index (Phi) is 12.0. The smallest absolute Gasteiger partial charge is 0.344 e. The molecule has 2 bridgehead atoms. The monoisotopic (exact) mass is 991 g/mol. The Morgan fingerprint density at radius 2 is 1.77 bits per heavy atom. The second-order valence-corrected chi connectivity index (χ2v) is 20.6. The number of nitrogens with zero attached hydrogens (tertiary/aromatic N) is 5. The van der Waals surface area contributed by atoms with Gasteiger partial charge in [0.15, 0.2) is 11.8 Å². The lowest BCUT2D eigenvalue weighted by atomic mass is 9.47. The molecule has 71 heavy (non-hydrogen) atoms. The molecule has 1 amide bonds. The fourth-order valence-electron chi connectivity index (χ4n) is 14.2. The molecule has 2 saturated heterocycles. The second-order valence-electron chi connectivity index (χ2n) is 20.2. The second kappa shape index (κ2) is 17.5. The van der Waals surface area contributed by atoms with Crippen LogP contribution < -0.4 is 15.4 Å². The number of piperidine rings is 1. The zero-order valence-electron chi connectivity index (χ0n) is 40.7. The standard InChI is InChI=1S/C46H56N4O10.C5H5N5S/c1-7-42(55)22-28-23-45(40(53)58-5,36-30(14-18-48(24-28)25-42)29-12-9-10-13-33(29)47-36)32-20-31-34(21-35(32)57-4)50(26-51)38-44(31)16-19-49-17-11-15-43(8-2,37(44)49)39(60-27(3)52)46(38,56)41(54)59-6;6-5-9-3-2(4(11)10-5)7-1-8-3/h9-13,15,20-21,26,28,37-39,47,55-56H,7-8,14,16-19,22-25H2,1-6H3;1H,(H4,6,7,8,9,10,11)/t28-,37+,38-,39-,42+,43-,44-,45+,46+;/m1./s1. The van der Waals surface area contributed by atoms with Crippen LogP contribution in [0.4, 0.5) is 11.6 Å². The zero-order valence-corrected chi connectivity index (χ0v) is 41.6. The van der Waals surface area contributed by atoms with Crippen LogP contribution in [0.5, 0.6) is 5.75 Å². The molecule has 5 aromatic rings. The lowest BCUT2D eigenvalue weighted by molar-refractivity contribution is -0.228. The summed E-state index contributed by atoms with van der Waals surface area (Å²) in [7, 11) is 4.09. The molecule has 3 aromatic heterocycles. The minimum absolute atomic E-state index is 0.155. The average Bonchev–Trinajstić information content (AvgIpc) is 4.16. The van der Waals surface area contributed by atoms with E-state index in [9.17, 15) is 24.6 Å². The van der Waals surface area contributed by atoms with Gasteiger partial charge < -0.3 is 54.7 Å². The molecule has 1 spiro atoms. The number of carbonyl (C=O) groups excluding carboxylic acids is 4. The fraction of sp³-hybridized carbons (Fsp3) is 0.510. The number of nitrogens with one attached hydrogen (secondary N) is 3. The van der Waals surface area contributed by atoms with Gasteiger partial charge in [-0.3, -0.25) is 24.2 Å². The molecule has 376 valence electrons. The topological polar surface area (TPSA) is 255 Å². The molecule has 8 heterocycles. The third-order valence-corrected chi connectivity index (χ3v) is 17.1. The SMILES string of the molecule is CC[C@]1(O)C[C@H]2C[N@](CCc3c([nH]c4ccccc34)[C@@](C(=O)OC)(c3cc4c(cc3OC)N(C=O)[C@H]3[C@@](O)(C(=O)OC)[C@H](OC(C)=O)[C@]5(CC)C=CCN6CC[C@]43[C@@H]65)C2)C1.Nc1nc2nc[nH]c2c(=S)[nH]1. The molecule has 11 rings (SSSR count). The Bertz CT molecular complexity index is 3060. The van der Waals surface area contributed by atoms with Crippen molar-refractivity contribution in [3.63, 3.8) is 0 Å². The van der Waals surface area contributed by atoms with Crippen LogP contribution in [-0.4, -0.2) is 153 Å². The molecule has 0 unspecified atom stereocenters. The van der Waals surface area contributed by atoms with Crippen molar-refractivity contribution in [3.8, 4) is 5.75 Å². The number of benzene rings is 2. The van der Waals surface area contributed by atoms with Crippen LogP contribution in [0.3, 0.4) is 0 Å². The quantitative estimate of drug-likeness (QED) is 0.0421. The number of nitrogens with two attached hydrogens (primary N) is 1. The molecule has 19 nitrogen and oxygen atoms in total. The lowest BCUT2D eigenvalue weighted by Crippen LogP contribution is -2.81. The van der Waals surface area contributed by atoms with Crippen LogP contribution in [0.2, 0.25) is 0 Å². The van der Waals surface area contributed by atoms with E-state index in [-0.39, 0.29) is 18.3 Å². The number of rotatable bonds is 8. The molecule has 1 aliphatic carbocycles. The van der Waals surface area contributed by atoms with Crippen LogP contribution >= 0.6 is 12.2 Å². The van der Waals surface area contributed by atoms with E-state index in [1.165, 1.54) is 39.5 Å². The Labute approximate surface area is 415 Å². The van der Waals surface area contributed by atoms with Gasteiger partial charge in [-0.05, 0) is 74.2 Å². The number of aliphatic hydroxyl groups is 2. The first-order valence-corrected chi connectivity index (χ1v) is 24.6. The molecule has 7 N–H and O–H groups in total. The number of para-hydroxylation sites is 1. The van der Waals surface area contributed by atoms with Crippen molar-refractivity contribution in [1.82, 2.24) is 34.7 Å². The van der Waals surface area contributed by atoms with Gasteiger partial charge in [0.05, 0.1) is 45.0 Å². The molecule has 3 fully saturated rings. The van der Waals surface area contributed by atoms with Crippen LogP contribution in [0.1, 0.15) is 75.3 Å². The number of carbonyl (C=O) groups is 4. The first-order valence-electron chi connectivity index (χ1n) is 24.2. The summed E-state index contributed by atoms with van der Waals surface area (Å²) < 4.78 is 24.2. The van der Waals surface area contributed by atoms with Crippen LogP contribution in [0.15, 0.2) is 54.9 Å². The number of anilines is 2. The summed E-state index contributed by atoms with van der Waals surface area (Å²) >= 11 is 4.95. The van der Waals surface area contributed by atoms with E-state index in [2.05, 4.69) is 40.8 Å². The molecule has 6 aliphatic rings. The predicted octanol–water partition coefficient (Wildman–Crippen LogP) is 4.12. The average molecular weight is 992 g/mol. The van der Waals surface area contributed by atoms with Gasteiger partial charge >= 0.3 is 17.9 Å². The summed E-state index contributed by atoms with van der Waals surface area (Å²) in [6.45, 7) is 8.16. The van der Waals surface area contributed by atoms with Crippen molar-refractivity contribution in [1.29, 1.82) is 0 Å². The number of fused-ring (bicyclic) bond motifs is 7. The van der Waals surface area contributed by atoms with Crippen LogP contribution in [-0.2, 0) is 50.6 Å². The fourth-order valence-corrected chi connectivity index (χ4v) is 14.5. The Balaban J connectivity index is 0.000000464. The highest BCUT2D eigenvalue weighted by atomic mass is 32.1. The first kappa shape index (κ1) is 48.4. The van der Waals surface area contributed by atoms with Gasteiger partial charge in [0.25, 0.3) is 0 Å². The van der Waals surface area contributed by atoms with Crippen LogP contribution in [0.25, 0.3) is 22.1 Å².